The monoisotopic (exact) mass is 331 g/mol. The van der Waals surface area contributed by atoms with Crippen LogP contribution in [0.1, 0.15) is 36.2 Å². The molecular weight excluding hydrogens is 309 g/mol. The average Bonchev–Trinajstić information content (AvgIpc) is 2.57. The zero-order valence-electron chi connectivity index (χ0n) is 14.2. The largest absolute Gasteiger partial charge is 0.490 e. The molecule has 0 atom stereocenters. The van der Waals surface area contributed by atoms with Gasteiger partial charge in [-0.3, -0.25) is 4.79 Å². The minimum absolute atomic E-state index is 0.157. The van der Waals surface area contributed by atoms with Gasteiger partial charge in [0.15, 0.2) is 11.5 Å². The number of anilines is 1. The molecule has 0 bridgehead atoms. The van der Waals surface area contributed by atoms with E-state index in [0.29, 0.717) is 30.3 Å². The number of benzene rings is 2. The van der Waals surface area contributed by atoms with Gasteiger partial charge < -0.3 is 14.8 Å². The molecule has 0 saturated carbocycles. The van der Waals surface area contributed by atoms with Crippen molar-refractivity contribution < 1.29 is 18.7 Å². The van der Waals surface area contributed by atoms with Gasteiger partial charge in [0.25, 0.3) is 5.91 Å². The molecule has 1 N–H and O–H groups in total. The van der Waals surface area contributed by atoms with Crippen molar-refractivity contribution in [2.75, 3.05) is 18.5 Å². The van der Waals surface area contributed by atoms with E-state index in [1.165, 1.54) is 6.07 Å². The second kappa shape index (κ2) is 8.34. The zero-order valence-corrected chi connectivity index (χ0v) is 14.2. The van der Waals surface area contributed by atoms with Crippen molar-refractivity contribution in [1.29, 1.82) is 0 Å². The van der Waals surface area contributed by atoms with Crippen LogP contribution in [0, 0.1) is 12.7 Å². The summed E-state index contributed by atoms with van der Waals surface area (Å²) in [4.78, 5) is 12.4. The van der Waals surface area contributed by atoms with E-state index < -0.39 is 11.7 Å². The summed E-state index contributed by atoms with van der Waals surface area (Å²) in [6, 6.07) is 9.52. The van der Waals surface area contributed by atoms with Crippen LogP contribution in [0.3, 0.4) is 0 Å². The van der Waals surface area contributed by atoms with Crippen LogP contribution in [0.15, 0.2) is 36.4 Å². The molecule has 128 valence electrons. The predicted molar refractivity (Wildman–Crippen MR) is 92.5 cm³/mol. The number of ether oxygens (including phenoxy) is 2. The molecule has 0 unspecified atom stereocenters. The molecule has 0 aliphatic carbocycles. The second-order valence-electron chi connectivity index (χ2n) is 5.38. The molecule has 5 heteroatoms. The lowest BCUT2D eigenvalue weighted by atomic mass is 10.1. The van der Waals surface area contributed by atoms with Crippen LogP contribution in [0.4, 0.5) is 10.1 Å². The molecule has 0 saturated heterocycles. The zero-order chi connectivity index (χ0) is 17.5. The molecule has 0 radical (unpaired) electrons. The first-order valence-corrected chi connectivity index (χ1v) is 8.02. The highest BCUT2D eigenvalue weighted by atomic mass is 19.1. The first-order chi connectivity index (χ1) is 11.5. The number of carbonyl (C=O) groups is 1. The summed E-state index contributed by atoms with van der Waals surface area (Å²) in [5.74, 6) is 0.227. The Bertz CT molecular complexity index is 716. The van der Waals surface area contributed by atoms with Crippen LogP contribution in [-0.2, 0) is 0 Å². The summed E-state index contributed by atoms with van der Waals surface area (Å²) in [7, 11) is 0. The molecule has 2 rings (SSSR count). The molecule has 0 spiro atoms. The smallest absolute Gasteiger partial charge is 0.255 e. The maximum atomic E-state index is 13.8. The molecule has 2 aromatic rings. The summed E-state index contributed by atoms with van der Waals surface area (Å²) in [6.45, 7) is 6.74. The van der Waals surface area contributed by atoms with Crippen LogP contribution in [-0.4, -0.2) is 19.1 Å². The van der Waals surface area contributed by atoms with Gasteiger partial charge >= 0.3 is 0 Å². The van der Waals surface area contributed by atoms with Gasteiger partial charge in [-0.2, -0.15) is 0 Å². The highest BCUT2D eigenvalue weighted by molar-refractivity contribution is 6.04. The van der Waals surface area contributed by atoms with Gasteiger partial charge in [-0.25, -0.2) is 4.39 Å². The Morgan fingerprint density at radius 1 is 1.08 bits per heavy atom. The third-order valence-electron chi connectivity index (χ3n) is 3.34. The Morgan fingerprint density at radius 3 is 2.58 bits per heavy atom. The summed E-state index contributed by atoms with van der Waals surface area (Å²) in [5, 5.41) is 2.59. The number of aryl methyl sites for hydroxylation is 1. The quantitative estimate of drug-likeness (QED) is 0.808. The lowest BCUT2D eigenvalue weighted by molar-refractivity contribution is 0.102. The molecule has 1 amide bonds. The van der Waals surface area contributed by atoms with Gasteiger partial charge in [0.2, 0.25) is 0 Å². The lowest BCUT2D eigenvalue weighted by Crippen LogP contribution is -2.13. The van der Waals surface area contributed by atoms with Crippen LogP contribution < -0.4 is 14.8 Å². The van der Waals surface area contributed by atoms with Crippen molar-refractivity contribution in [2.45, 2.75) is 27.2 Å². The molecule has 4 nitrogen and oxygen atoms in total. The minimum Gasteiger partial charge on any atom is -0.490 e. The molecule has 2 aromatic carbocycles. The van der Waals surface area contributed by atoms with Gasteiger partial charge in [-0.05, 0) is 56.2 Å². The summed E-state index contributed by atoms with van der Waals surface area (Å²) in [6.07, 6.45) is 0.875. The normalized spacial score (nSPS) is 10.3. The highest BCUT2D eigenvalue weighted by Gasteiger charge is 2.13. The number of carbonyl (C=O) groups excluding carboxylic acids is 1. The average molecular weight is 331 g/mol. The van der Waals surface area contributed by atoms with Crippen molar-refractivity contribution in [2.24, 2.45) is 0 Å². The van der Waals surface area contributed by atoms with Crippen molar-refractivity contribution in [3.05, 3.63) is 53.3 Å². The number of halogens is 1. The van der Waals surface area contributed by atoms with Crippen molar-refractivity contribution in [3.63, 3.8) is 0 Å². The van der Waals surface area contributed by atoms with Gasteiger partial charge in [0, 0.05) is 5.56 Å². The Kier molecular flexibility index (Phi) is 6.18. The van der Waals surface area contributed by atoms with E-state index >= 15 is 0 Å². The number of amides is 1. The minimum atomic E-state index is -0.470. The molecule has 0 aliphatic rings. The van der Waals surface area contributed by atoms with Gasteiger partial charge in [-0.15, -0.1) is 0 Å². The molecule has 0 heterocycles. The fourth-order valence-electron chi connectivity index (χ4n) is 2.18. The molecule has 0 aliphatic heterocycles. The summed E-state index contributed by atoms with van der Waals surface area (Å²) < 4.78 is 24.9. The molecular formula is C19H22FNO3. The van der Waals surface area contributed by atoms with E-state index in [9.17, 15) is 9.18 Å². The Hall–Kier alpha value is -2.56. The number of nitrogens with one attached hydrogen (secondary N) is 1. The van der Waals surface area contributed by atoms with E-state index in [4.69, 9.17) is 9.47 Å². The van der Waals surface area contributed by atoms with Gasteiger partial charge in [-0.1, -0.05) is 13.0 Å². The standard InChI is InChI=1S/C19H22FNO3/c1-4-10-24-17-9-7-14(12-18(17)23-5-2)19(22)21-16-11-13(3)6-8-15(16)20/h6-9,11-12H,4-5,10H2,1-3H3,(H,21,22). The van der Waals surface area contributed by atoms with Gasteiger partial charge in [0.05, 0.1) is 18.9 Å². The molecule has 0 aromatic heterocycles. The fourth-order valence-corrected chi connectivity index (χ4v) is 2.18. The van der Waals surface area contributed by atoms with E-state index in [-0.39, 0.29) is 5.69 Å². The Balaban J connectivity index is 2.22. The first kappa shape index (κ1) is 17.8. The van der Waals surface area contributed by atoms with E-state index in [0.717, 1.165) is 12.0 Å². The molecule has 0 fully saturated rings. The van der Waals surface area contributed by atoms with Crippen molar-refractivity contribution in [1.82, 2.24) is 0 Å². The highest BCUT2D eigenvalue weighted by Crippen LogP contribution is 2.29. The fraction of sp³-hybridized carbons (Fsp3) is 0.316. The first-order valence-electron chi connectivity index (χ1n) is 8.02. The maximum Gasteiger partial charge on any atom is 0.255 e. The van der Waals surface area contributed by atoms with Crippen LogP contribution in [0.25, 0.3) is 0 Å². The lowest BCUT2D eigenvalue weighted by Gasteiger charge is -2.13. The topological polar surface area (TPSA) is 47.6 Å². The van der Waals surface area contributed by atoms with E-state index in [1.54, 1.807) is 30.3 Å². The van der Waals surface area contributed by atoms with E-state index in [1.807, 2.05) is 20.8 Å². The second-order valence-corrected chi connectivity index (χ2v) is 5.38. The van der Waals surface area contributed by atoms with Crippen LogP contribution in [0.5, 0.6) is 11.5 Å². The van der Waals surface area contributed by atoms with Crippen LogP contribution in [0.2, 0.25) is 0 Å². The summed E-state index contributed by atoms with van der Waals surface area (Å²) >= 11 is 0. The Labute approximate surface area is 141 Å². The number of rotatable bonds is 7. The number of hydrogen-bond acceptors (Lipinski definition) is 3. The van der Waals surface area contributed by atoms with E-state index in [2.05, 4.69) is 5.32 Å². The van der Waals surface area contributed by atoms with Gasteiger partial charge in [0.1, 0.15) is 5.82 Å². The van der Waals surface area contributed by atoms with Crippen molar-refractivity contribution >= 4 is 11.6 Å². The SMILES string of the molecule is CCCOc1ccc(C(=O)Nc2cc(C)ccc2F)cc1OCC. The predicted octanol–water partition coefficient (Wildman–Crippen LogP) is 4.57. The maximum absolute atomic E-state index is 13.8. The number of hydrogen-bond donors (Lipinski definition) is 1. The third-order valence-corrected chi connectivity index (χ3v) is 3.34. The third kappa shape index (κ3) is 4.47. The Morgan fingerprint density at radius 2 is 1.88 bits per heavy atom. The molecule has 24 heavy (non-hydrogen) atoms. The summed E-state index contributed by atoms with van der Waals surface area (Å²) in [5.41, 5.74) is 1.40. The van der Waals surface area contributed by atoms with Crippen molar-refractivity contribution in [3.8, 4) is 11.5 Å². The van der Waals surface area contributed by atoms with Crippen LogP contribution >= 0.6 is 0 Å².